The van der Waals surface area contributed by atoms with Crippen LogP contribution in [0.15, 0.2) is 16.9 Å². The van der Waals surface area contributed by atoms with Crippen molar-refractivity contribution < 1.29 is 33.4 Å². The summed E-state index contributed by atoms with van der Waals surface area (Å²) in [5.41, 5.74) is 1.54. The molecular formula is C35H39FN4O7. The minimum absolute atomic E-state index is 0.0132. The van der Waals surface area contributed by atoms with Gasteiger partial charge in [0.1, 0.15) is 18.0 Å². The van der Waals surface area contributed by atoms with E-state index in [1.54, 1.807) is 29.4 Å². The molecule has 3 aliphatic heterocycles. The molecule has 3 aromatic rings. The second-order valence-corrected chi connectivity index (χ2v) is 14.1. The standard InChI is InChI=1S/C35H39FN4O7/c1-6-35(45)22-13-26-30-20(15-40(26)31(42)21(22)16-46-32(35)43)29-24(10-9-19-17(2)23(36)14-25(38-30)28(19)29)37-27(41)12-18-8-7-11-39(18)33(44)47-34(3,4)5/h13-14,18,24,45H,6-12,15-16H2,1-5H3,(H,37,41)/t18-,24-,35-/m0/s1. The fourth-order valence-corrected chi connectivity index (χ4v) is 7.78. The molecule has 0 spiro atoms. The maximum absolute atomic E-state index is 15.2. The molecule has 248 valence electrons. The normalized spacial score (nSPS) is 22.9. The number of carbonyl (C=O) groups is 3. The van der Waals surface area contributed by atoms with E-state index < -0.39 is 34.9 Å². The van der Waals surface area contributed by atoms with Gasteiger partial charge in [0.2, 0.25) is 5.91 Å². The first-order valence-electron chi connectivity index (χ1n) is 16.3. The van der Waals surface area contributed by atoms with Gasteiger partial charge in [-0.1, -0.05) is 6.92 Å². The lowest BCUT2D eigenvalue weighted by atomic mass is 9.81. The Balaban J connectivity index is 1.29. The molecule has 7 rings (SSSR count). The van der Waals surface area contributed by atoms with Crippen LogP contribution in [0.5, 0.6) is 0 Å². The molecule has 0 radical (unpaired) electrons. The number of benzene rings is 1. The monoisotopic (exact) mass is 646 g/mol. The number of likely N-dealkylation sites (tertiary alicyclic amines) is 1. The zero-order valence-electron chi connectivity index (χ0n) is 27.3. The van der Waals surface area contributed by atoms with Crippen molar-refractivity contribution in [3.05, 3.63) is 61.7 Å². The van der Waals surface area contributed by atoms with Crippen molar-refractivity contribution in [2.75, 3.05) is 6.54 Å². The van der Waals surface area contributed by atoms with Gasteiger partial charge in [-0.05, 0) is 82.6 Å². The highest BCUT2D eigenvalue weighted by Gasteiger charge is 2.46. The number of aromatic nitrogens is 2. The second kappa shape index (κ2) is 10.9. The van der Waals surface area contributed by atoms with Crippen molar-refractivity contribution in [1.29, 1.82) is 0 Å². The van der Waals surface area contributed by atoms with E-state index >= 15 is 4.39 Å². The molecule has 3 atom stereocenters. The third kappa shape index (κ3) is 4.90. The van der Waals surface area contributed by atoms with Gasteiger partial charge in [-0.3, -0.25) is 9.59 Å². The maximum atomic E-state index is 15.2. The van der Waals surface area contributed by atoms with E-state index in [0.29, 0.717) is 48.3 Å². The number of nitrogens with one attached hydrogen (secondary N) is 1. The molecule has 0 bridgehead atoms. The second-order valence-electron chi connectivity index (χ2n) is 14.1. The largest absolute Gasteiger partial charge is 0.458 e. The van der Waals surface area contributed by atoms with Crippen molar-refractivity contribution in [1.82, 2.24) is 19.8 Å². The number of hydrogen-bond donors (Lipinski definition) is 2. The van der Waals surface area contributed by atoms with Crippen LogP contribution in [-0.2, 0) is 44.2 Å². The summed E-state index contributed by atoms with van der Waals surface area (Å²) in [6, 6.07) is 2.27. The van der Waals surface area contributed by atoms with Crippen molar-refractivity contribution in [2.45, 2.75) is 110 Å². The van der Waals surface area contributed by atoms with Gasteiger partial charge in [-0.2, -0.15) is 0 Å². The lowest BCUT2D eigenvalue weighted by Crippen LogP contribution is -2.44. The average Bonchev–Trinajstić information content (AvgIpc) is 3.62. The van der Waals surface area contributed by atoms with Crippen LogP contribution in [-0.4, -0.2) is 55.7 Å². The SMILES string of the molecule is CC[C@@]1(O)C(=O)OCc2c1cc1n(c2=O)Cc2c-1nc1cc(F)c(C)c3c1c2[C@@H](NC(=O)C[C@@H]1CCCN1C(=O)OC(C)(C)C)CC3. The first-order valence-corrected chi connectivity index (χ1v) is 16.3. The van der Waals surface area contributed by atoms with Gasteiger partial charge < -0.3 is 29.4 Å². The number of hydrogen-bond acceptors (Lipinski definition) is 8. The molecule has 1 saturated heterocycles. The molecule has 5 heterocycles. The van der Waals surface area contributed by atoms with Gasteiger partial charge in [0.05, 0.1) is 35.1 Å². The van der Waals surface area contributed by atoms with E-state index in [4.69, 9.17) is 14.5 Å². The molecule has 47 heavy (non-hydrogen) atoms. The number of halogens is 1. The Morgan fingerprint density at radius 2 is 1.96 bits per heavy atom. The predicted octanol–water partition coefficient (Wildman–Crippen LogP) is 4.42. The van der Waals surface area contributed by atoms with Gasteiger partial charge in [0, 0.05) is 41.6 Å². The van der Waals surface area contributed by atoms with E-state index in [9.17, 15) is 24.3 Å². The van der Waals surface area contributed by atoms with Crippen molar-refractivity contribution in [2.24, 2.45) is 0 Å². The Bertz CT molecular complexity index is 1950. The summed E-state index contributed by atoms with van der Waals surface area (Å²) < 4.78 is 27.6. The number of ether oxygens (including phenoxy) is 2. The van der Waals surface area contributed by atoms with Crippen molar-refractivity contribution in [3.8, 4) is 11.4 Å². The number of pyridine rings is 2. The number of fused-ring (bicyclic) bond motifs is 5. The highest BCUT2D eigenvalue weighted by Crippen LogP contribution is 2.46. The van der Waals surface area contributed by atoms with Gasteiger partial charge in [0.25, 0.3) is 5.56 Å². The summed E-state index contributed by atoms with van der Waals surface area (Å²) in [5.74, 6) is -1.42. The maximum Gasteiger partial charge on any atom is 0.410 e. The molecule has 1 fully saturated rings. The third-order valence-electron chi connectivity index (χ3n) is 10.1. The van der Waals surface area contributed by atoms with Crippen LogP contribution in [0.1, 0.15) is 99.2 Å². The zero-order chi connectivity index (χ0) is 33.6. The van der Waals surface area contributed by atoms with Crippen LogP contribution in [0.4, 0.5) is 9.18 Å². The lowest BCUT2D eigenvalue weighted by molar-refractivity contribution is -0.172. The molecular weight excluding hydrogens is 607 g/mol. The highest BCUT2D eigenvalue weighted by atomic mass is 19.1. The summed E-state index contributed by atoms with van der Waals surface area (Å²) in [6.07, 6.45) is 2.19. The molecule has 12 heteroatoms. The molecule has 2 N–H and O–H groups in total. The van der Waals surface area contributed by atoms with E-state index in [0.717, 1.165) is 28.5 Å². The first-order chi connectivity index (χ1) is 22.2. The van der Waals surface area contributed by atoms with Gasteiger partial charge in [-0.15, -0.1) is 0 Å². The zero-order valence-corrected chi connectivity index (χ0v) is 27.3. The van der Waals surface area contributed by atoms with E-state index in [1.165, 1.54) is 6.07 Å². The van der Waals surface area contributed by atoms with Gasteiger partial charge in [-0.25, -0.2) is 19.0 Å². The number of carbonyl (C=O) groups excluding carboxylic acids is 3. The number of aliphatic hydroxyl groups is 1. The number of esters is 1. The fraction of sp³-hybridized carbons (Fsp3) is 0.514. The number of amides is 2. The molecule has 1 aromatic carbocycles. The quantitative estimate of drug-likeness (QED) is 0.311. The summed E-state index contributed by atoms with van der Waals surface area (Å²) in [6.45, 7) is 9.24. The molecule has 1 aliphatic carbocycles. The summed E-state index contributed by atoms with van der Waals surface area (Å²) in [5, 5.41) is 15.3. The Hall–Kier alpha value is -4.32. The van der Waals surface area contributed by atoms with Crippen LogP contribution < -0.4 is 10.9 Å². The van der Waals surface area contributed by atoms with E-state index in [2.05, 4.69) is 5.32 Å². The van der Waals surface area contributed by atoms with Crippen molar-refractivity contribution in [3.63, 3.8) is 0 Å². The van der Waals surface area contributed by atoms with Crippen LogP contribution in [0.2, 0.25) is 0 Å². The van der Waals surface area contributed by atoms with E-state index in [1.807, 2.05) is 20.8 Å². The molecule has 0 saturated carbocycles. The predicted molar refractivity (Wildman–Crippen MR) is 169 cm³/mol. The fourth-order valence-electron chi connectivity index (χ4n) is 7.78. The highest BCUT2D eigenvalue weighted by molar-refractivity contribution is 5.94. The van der Waals surface area contributed by atoms with Gasteiger partial charge in [0.15, 0.2) is 5.60 Å². The smallest absolute Gasteiger partial charge is 0.410 e. The summed E-state index contributed by atoms with van der Waals surface area (Å²) in [4.78, 5) is 59.5. The Kier molecular flexibility index (Phi) is 7.23. The number of rotatable bonds is 4. The van der Waals surface area contributed by atoms with Crippen LogP contribution in [0, 0.1) is 12.7 Å². The van der Waals surface area contributed by atoms with Crippen LogP contribution >= 0.6 is 0 Å². The lowest BCUT2D eigenvalue weighted by Gasteiger charge is -2.31. The Morgan fingerprint density at radius 3 is 2.68 bits per heavy atom. The van der Waals surface area contributed by atoms with E-state index in [-0.39, 0.29) is 54.9 Å². The number of nitrogens with zero attached hydrogens (tertiary/aromatic N) is 3. The summed E-state index contributed by atoms with van der Waals surface area (Å²) in [7, 11) is 0. The number of cyclic esters (lactones) is 1. The van der Waals surface area contributed by atoms with Crippen molar-refractivity contribution >= 4 is 28.9 Å². The van der Waals surface area contributed by atoms with Gasteiger partial charge >= 0.3 is 12.1 Å². The molecule has 4 aliphatic rings. The average molecular weight is 647 g/mol. The topological polar surface area (TPSA) is 140 Å². The summed E-state index contributed by atoms with van der Waals surface area (Å²) >= 11 is 0. The minimum Gasteiger partial charge on any atom is -0.458 e. The first kappa shape index (κ1) is 31.3. The molecule has 11 nitrogen and oxygen atoms in total. The molecule has 2 aromatic heterocycles. The Labute approximate surface area is 271 Å². The number of aryl methyl sites for hydroxylation is 1. The third-order valence-corrected chi connectivity index (χ3v) is 10.1. The Morgan fingerprint density at radius 1 is 1.19 bits per heavy atom. The van der Waals surface area contributed by atoms with Crippen LogP contribution in [0.3, 0.4) is 0 Å². The molecule has 0 unspecified atom stereocenters. The van der Waals surface area contributed by atoms with Crippen LogP contribution in [0.25, 0.3) is 22.3 Å². The molecule has 2 amide bonds. The minimum atomic E-state index is -1.98.